The Balaban J connectivity index is 1.47. The van der Waals surface area contributed by atoms with Gasteiger partial charge in [0.2, 0.25) is 5.91 Å². The molecule has 3 aromatic rings. The maximum Gasteiger partial charge on any atom is 0.246 e. The number of nitrogens with zero attached hydrogens (tertiary/aromatic N) is 3. The van der Waals surface area contributed by atoms with E-state index in [1.807, 2.05) is 54.6 Å². The molecule has 1 saturated heterocycles. The van der Waals surface area contributed by atoms with Crippen LogP contribution in [-0.4, -0.2) is 53.6 Å². The van der Waals surface area contributed by atoms with E-state index in [4.69, 9.17) is 15.2 Å². The lowest BCUT2D eigenvalue weighted by Crippen LogP contribution is -2.48. The van der Waals surface area contributed by atoms with Crippen LogP contribution in [0.2, 0.25) is 0 Å². The minimum Gasteiger partial charge on any atom is -0.457 e. The molecule has 34 heavy (non-hydrogen) atoms. The zero-order valence-corrected chi connectivity index (χ0v) is 19.2. The first-order chi connectivity index (χ1) is 16.6. The number of amides is 1. The van der Waals surface area contributed by atoms with Crippen molar-refractivity contribution in [3.8, 4) is 22.6 Å². The molecule has 0 spiro atoms. The van der Waals surface area contributed by atoms with Crippen LogP contribution in [0.3, 0.4) is 0 Å². The highest BCUT2D eigenvalue weighted by molar-refractivity contribution is 5.87. The first-order valence-electron chi connectivity index (χ1n) is 11.2. The maximum atomic E-state index is 12.0. The number of ether oxygens (including phenoxy) is 2. The van der Waals surface area contributed by atoms with Gasteiger partial charge in [0, 0.05) is 32.7 Å². The van der Waals surface area contributed by atoms with Gasteiger partial charge in [0.15, 0.2) is 0 Å². The van der Waals surface area contributed by atoms with Crippen LogP contribution in [0.15, 0.2) is 73.6 Å². The number of carbonyl (C=O) groups is 1. The predicted octanol–water partition coefficient (Wildman–Crippen LogP) is 3.98. The molecule has 0 bridgehead atoms. The molecule has 1 aromatic heterocycles. The fourth-order valence-corrected chi connectivity index (χ4v) is 4.15. The molecule has 2 aromatic carbocycles. The van der Waals surface area contributed by atoms with Crippen LogP contribution in [0.25, 0.3) is 11.1 Å². The molecule has 3 N–H and O–H groups in total. The first-order valence-corrected chi connectivity index (χ1v) is 11.2. The average molecular weight is 460 g/mol. The molecule has 1 aliphatic rings. The molecule has 8 nitrogen and oxygen atoms in total. The molecule has 8 heteroatoms. The van der Waals surface area contributed by atoms with Gasteiger partial charge in [-0.05, 0) is 42.3 Å². The zero-order valence-electron chi connectivity index (χ0n) is 19.2. The highest BCUT2D eigenvalue weighted by Gasteiger charge is 2.31. The van der Waals surface area contributed by atoms with Gasteiger partial charge in [-0.15, -0.1) is 0 Å². The molecular formula is C26H29N5O3. The van der Waals surface area contributed by atoms with Crippen LogP contribution in [0.4, 0.5) is 11.6 Å². The third-order valence-corrected chi connectivity index (χ3v) is 6.02. The Kier molecular flexibility index (Phi) is 7.39. The summed E-state index contributed by atoms with van der Waals surface area (Å²) in [7, 11) is 1.67. The van der Waals surface area contributed by atoms with E-state index in [1.165, 1.54) is 12.4 Å². The van der Waals surface area contributed by atoms with Crippen molar-refractivity contribution in [2.24, 2.45) is 5.92 Å². The standard InChI is InChI=1S/C26H29N5O3/c1-3-23(32)31-14-13-19(22(16-31)33-2)15-28-26-24(25(27)29-17-30-26)18-9-11-21(12-10-18)34-20-7-5-4-6-8-20/h3-12,17,19,22H,1,13-16H2,2H3,(H3,27,28,29,30). The predicted molar refractivity (Wildman–Crippen MR) is 133 cm³/mol. The van der Waals surface area contributed by atoms with Gasteiger partial charge in [-0.2, -0.15) is 0 Å². The molecule has 0 aliphatic carbocycles. The molecule has 1 fully saturated rings. The summed E-state index contributed by atoms with van der Waals surface area (Å²) in [6.45, 7) is 5.41. The van der Waals surface area contributed by atoms with Crippen molar-refractivity contribution in [3.05, 3.63) is 73.6 Å². The summed E-state index contributed by atoms with van der Waals surface area (Å²) in [5, 5.41) is 3.43. The van der Waals surface area contributed by atoms with Crippen LogP contribution >= 0.6 is 0 Å². The molecule has 0 saturated carbocycles. The smallest absolute Gasteiger partial charge is 0.246 e. The highest BCUT2D eigenvalue weighted by Crippen LogP contribution is 2.33. The van der Waals surface area contributed by atoms with E-state index in [0.29, 0.717) is 31.3 Å². The second-order valence-electron chi connectivity index (χ2n) is 8.11. The van der Waals surface area contributed by atoms with Gasteiger partial charge in [-0.1, -0.05) is 36.9 Å². The topological polar surface area (TPSA) is 103 Å². The third-order valence-electron chi connectivity index (χ3n) is 6.02. The number of methoxy groups -OCH3 is 1. The lowest BCUT2D eigenvalue weighted by molar-refractivity contribution is -0.131. The Morgan fingerprint density at radius 1 is 1.18 bits per heavy atom. The van der Waals surface area contributed by atoms with E-state index in [1.54, 1.807) is 12.0 Å². The van der Waals surface area contributed by atoms with E-state index >= 15 is 0 Å². The van der Waals surface area contributed by atoms with Gasteiger partial charge < -0.3 is 25.4 Å². The Labute approximate surface area is 199 Å². The Morgan fingerprint density at radius 3 is 2.62 bits per heavy atom. The second kappa shape index (κ2) is 10.8. The first kappa shape index (κ1) is 23.3. The quantitative estimate of drug-likeness (QED) is 0.491. The molecule has 4 rings (SSSR count). The summed E-state index contributed by atoms with van der Waals surface area (Å²) < 4.78 is 11.6. The summed E-state index contributed by atoms with van der Waals surface area (Å²) >= 11 is 0. The lowest BCUT2D eigenvalue weighted by atomic mass is 9.93. The fraction of sp³-hybridized carbons (Fsp3) is 0.269. The number of aromatic nitrogens is 2. The summed E-state index contributed by atoms with van der Waals surface area (Å²) in [6.07, 6.45) is 3.53. The van der Waals surface area contributed by atoms with Crippen molar-refractivity contribution < 1.29 is 14.3 Å². The van der Waals surface area contributed by atoms with E-state index in [2.05, 4.69) is 21.9 Å². The van der Waals surface area contributed by atoms with Crippen LogP contribution in [-0.2, 0) is 9.53 Å². The van der Waals surface area contributed by atoms with Gasteiger partial charge in [-0.25, -0.2) is 9.97 Å². The van der Waals surface area contributed by atoms with E-state index < -0.39 is 0 Å². The molecule has 1 aliphatic heterocycles. The summed E-state index contributed by atoms with van der Waals surface area (Å²) in [6, 6.07) is 17.3. The Morgan fingerprint density at radius 2 is 1.91 bits per heavy atom. The summed E-state index contributed by atoms with van der Waals surface area (Å²) in [5.41, 5.74) is 7.87. The van der Waals surface area contributed by atoms with Crippen molar-refractivity contribution in [3.63, 3.8) is 0 Å². The van der Waals surface area contributed by atoms with E-state index in [9.17, 15) is 4.79 Å². The summed E-state index contributed by atoms with van der Waals surface area (Å²) in [4.78, 5) is 22.4. The number of piperidine rings is 1. The fourth-order valence-electron chi connectivity index (χ4n) is 4.15. The number of benzene rings is 2. The van der Waals surface area contributed by atoms with Gasteiger partial charge in [-0.3, -0.25) is 4.79 Å². The number of nitrogen functional groups attached to an aromatic ring is 1. The highest BCUT2D eigenvalue weighted by atomic mass is 16.5. The molecule has 2 heterocycles. The number of hydrogen-bond donors (Lipinski definition) is 2. The number of nitrogens with one attached hydrogen (secondary N) is 1. The number of para-hydroxylation sites is 1. The normalized spacial score (nSPS) is 17.7. The van der Waals surface area contributed by atoms with Gasteiger partial charge in [0.25, 0.3) is 0 Å². The maximum absolute atomic E-state index is 12.0. The van der Waals surface area contributed by atoms with E-state index in [0.717, 1.165) is 29.0 Å². The van der Waals surface area contributed by atoms with Crippen molar-refractivity contribution in [2.45, 2.75) is 12.5 Å². The number of likely N-dealkylation sites (tertiary alicyclic amines) is 1. The number of rotatable bonds is 8. The second-order valence-corrected chi connectivity index (χ2v) is 8.11. The molecular weight excluding hydrogens is 430 g/mol. The molecule has 2 unspecified atom stereocenters. The van der Waals surface area contributed by atoms with Crippen molar-refractivity contribution in [2.75, 3.05) is 37.8 Å². The number of anilines is 2. The molecule has 0 radical (unpaired) electrons. The largest absolute Gasteiger partial charge is 0.457 e. The van der Waals surface area contributed by atoms with Crippen molar-refractivity contribution >= 4 is 17.5 Å². The van der Waals surface area contributed by atoms with Crippen LogP contribution < -0.4 is 15.8 Å². The Hall–Kier alpha value is -3.91. The summed E-state index contributed by atoms with van der Waals surface area (Å²) in [5.74, 6) is 2.69. The number of hydrogen-bond acceptors (Lipinski definition) is 7. The minimum absolute atomic E-state index is 0.0704. The van der Waals surface area contributed by atoms with Crippen LogP contribution in [0, 0.1) is 5.92 Å². The lowest BCUT2D eigenvalue weighted by Gasteiger charge is -2.37. The van der Waals surface area contributed by atoms with Crippen molar-refractivity contribution in [1.82, 2.24) is 14.9 Å². The van der Waals surface area contributed by atoms with Crippen LogP contribution in [0.1, 0.15) is 6.42 Å². The average Bonchev–Trinajstić information content (AvgIpc) is 2.88. The monoisotopic (exact) mass is 459 g/mol. The molecule has 2 atom stereocenters. The minimum atomic E-state index is -0.0813. The van der Waals surface area contributed by atoms with Gasteiger partial charge >= 0.3 is 0 Å². The zero-order chi connectivity index (χ0) is 23.9. The van der Waals surface area contributed by atoms with Gasteiger partial charge in [0.1, 0.15) is 29.5 Å². The number of nitrogens with two attached hydrogens (primary N) is 1. The number of carbonyl (C=O) groups excluding carboxylic acids is 1. The van der Waals surface area contributed by atoms with E-state index in [-0.39, 0.29) is 17.9 Å². The SMILES string of the molecule is C=CC(=O)N1CCC(CNc2ncnc(N)c2-c2ccc(Oc3ccccc3)cc2)C(OC)C1. The third kappa shape index (κ3) is 5.35. The molecule has 1 amide bonds. The molecule has 176 valence electrons. The Bertz CT molecular complexity index is 1120. The van der Waals surface area contributed by atoms with Crippen LogP contribution in [0.5, 0.6) is 11.5 Å². The van der Waals surface area contributed by atoms with Crippen molar-refractivity contribution in [1.29, 1.82) is 0 Å². The van der Waals surface area contributed by atoms with Gasteiger partial charge in [0.05, 0.1) is 11.7 Å².